The third-order valence-electron chi connectivity index (χ3n) is 3.85. The van der Waals surface area contributed by atoms with Crippen LogP contribution in [0.25, 0.3) is 0 Å². The highest BCUT2D eigenvalue weighted by Crippen LogP contribution is 2.33. The van der Waals surface area contributed by atoms with Gasteiger partial charge in [-0.25, -0.2) is 4.99 Å². The first kappa shape index (κ1) is 17.9. The lowest BCUT2D eigenvalue weighted by Crippen LogP contribution is -2.37. The molecule has 1 aliphatic rings. The largest absolute Gasteiger partial charge is 0.491 e. The molecule has 0 aromatic heterocycles. The Balaban J connectivity index is 1.90. The minimum Gasteiger partial charge on any atom is -0.491 e. The van der Waals surface area contributed by atoms with Crippen LogP contribution >= 0.6 is 23.5 Å². The number of aliphatic imine (C=N–C) groups is 1. The molecule has 7 heteroatoms. The van der Waals surface area contributed by atoms with E-state index >= 15 is 0 Å². The van der Waals surface area contributed by atoms with Crippen LogP contribution in [0.4, 0.5) is 5.69 Å². The van der Waals surface area contributed by atoms with Gasteiger partial charge in [-0.15, -0.1) is 0 Å². The zero-order chi connectivity index (χ0) is 17.6. The van der Waals surface area contributed by atoms with Crippen molar-refractivity contribution in [2.45, 2.75) is 6.04 Å². The monoisotopic (exact) mass is 377 g/mol. The first-order chi connectivity index (χ1) is 12.2. The van der Waals surface area contributed by atoms with Crippen LogP contribution in [0, 0.1) is 0 Å². The second-order valence-electron chi connectivity index (χ2n) is 5.48. The Morgan fingerprint density at radius 1 is 1.32 bits per heavy atom. The van der Waals surface area contributed by atoms with Gasteiger partial charge in [0, 0.05) is 17.0 Å². The molecule has 1 atom stereocenters. The van der Waals surface area contributed by atoms with Gasteiger partial charge >= 0.3 is 0 Å². The molecule has 1 aliphatic heterocycles. The minimum absolute atomic E-state index is 0.00451. The topological polar surface area (TPSA) is 57.1 Å². The van der Waals surface area contributed by atoms with E-state index in [0.717, 1.165) is 23.0 Å². The number of anilines is 1. The van der Waals surface area contributed by atoms with Crippen LogP contribution in [-0.2, 0) is 0 Å². The van der Waals surface area contributed by atoms with Crippen molar-refractivity contribution >= 4 is 35.2 Å². The van der Waals surface area contributed by atoms with Crippen LogP contribution in [0.3, 0.4) is 0 Å². The van der Waals surface area contributed by atoms with E-state index in [1.807, 2.05) is 48.7 Å². The lowest BCUT2D eigenvalue weighted by molar-refractivity contribution is 0.201. The van der Waals surface area contributed by atoms with Gasteiger partial charge in [-0.1, -0.05) is 35.7 Å². The SMILES string of the molecule is CSNC1=NCC(c2cccc(OCCO)c2)N1c1ccc(Cl)cc1. The average molecular weight is 378 g/mol. The van der Waals surface area contributed by atoms with Gasteiger partial charge in [0.05, 0.1) is 19.2 Å². The summed E-state index contributed by atoms with van der Waals surface area (Å²) in [5.41, 5.74) is 2.13. The summed E-state index contributed by atoms with van der Waals surface area (Å²) in [6.45, 7) is 0.926. The number of nitrogens with zero attached hydrogens (tertiary/aromatic N) is 2. The number of hydrogen-bond acceptors (Lipinski definition) is 6. The highest BCUT2D eigenvalue weighted by Gasteiger charge is 2.30. The predicted molar refractivity (Wildman–Crippen MR) is 105 cm³/mol. The van der Waals surface area contributed by atoms with Crippen LogP contribution < -0.4 is 14.4 Å². The number of rotatable bonds is 6. The first-order valence-electron chi connectivity index (χ1n) is 7.95. The summed E-state index contributed by atoms with van der Waals surface area (Å²) < 4.78 is 8.79. The van der Waals surface area contributed by atoms with E-state index in [2.05, 4.69) is 20.7 Å². The maximum atomic E-state index is 8.94. The van der Waals surface area contributed by atoms with Gasteiger partial charge in [-0.3, -0.25) is 0 Å². The zero-order valence-corrected chi connectivity index (χ0v) is 15.4. The van der Waals surface area contributed by atoms with E-state index in [1.54, 1.807) is 0 Å². The molecule has 0 amide bonds. The second-order valence-corrected chi connectivity index (χ2v) is 6.53. The molecule has 2 N–H and O–H groups in total. The quantitative estimate of drug-likeness (QED) is 0.754. The molecule has 0 bridgehead atoms. The number of guanidine groups is 1. The van der Waals surface area contributed by atoms with Gasteiger partial charge in [0.1, 0.15) is 12.4 Å². The molecule has 25 heavy (non-hydrogen) atoms. The fourth-order valence-corrected chi connectivity index (χ4v) is 3.26. The van der Waals surface area contributed by atoms with E-state index in [0.29, 0.717) is 11.6 Å². The highest BCUT2D eigenvalue weighted by molar-refractivity contribution is 7.97. The van der Waals surface area contributed by atoms with Crippen molar-refractivity contribution in [3.8, 4) is 5.75 Å². The van der Waals surface area contributed by atoms with E-state index in [-0.39, 0.29) is 19.3 Å². The fourth-order valence-electron chi connectivity index (χ4n) is 2.78. The second kappa shape index (κ2) is 8.47. The lowest BCUT2D eigenvalue weighted by Gasteiger charge is -2.28. The number of aliphatic hydroxyl groups excluding tert-OH is 1. The Bertz CT molecular complexity index is 739. The van der Waals surface area contributed by atoms with Crippen molar-refractivity contribution in [1.82, 2.24) is 4.72 Å². The van der Waals surface area contributed by atoms with Gasteiger partial charge in [0.25, 0.3) is 0 Å². The standard InChI is InChI=1S/C18H20ClN3O2S/c1-25-21-18-20-12-17(22(18)15-7-5-14(19)6-8-15)13-3-2-4-16(11-13)24-10-9-23/h2-8,11,17,23H,9-10,12H2,1H3,(H,20,21). The molecule has 0 aliphatic carbocycles. The third kappa shape index (κ3) is 4.21. The average Bonchev–Trinajstić information content (AvgIpc) is 3.05. The molecule has 0 saturated carbocycles. The number of hydrogen-bond donors (Lipinski definition) is 2. The first-order valence-corrected chi connectivity index (χ1v) is 9.55. The Morgan fingerprint density at radius 3 is 2.84 bits per heavy atom. The van der Waals surface area contributed by atoms with Crippen LogP contribution in [0.15, 0.2) is 53.5 Å². The summed E-state index contributed by atoms with van der Waals surface area (Å²) in [6.07, 6.45) is 1.97. The number of halogens is 1. The molecule has 0 spiro atoms. The molecule has 132 valence electrons. The third-order valence-corrected chi connectivity index (χ3v) is 4.49. The van der Waals surface area contributed by atoms with Gasteiger partial charge in [-0.2, -0.15) is 0 Å². The van der Waals surface area contributed by atoms with Crippen molar-refractivity contribution in [3.05, 3.63) is 59.1 Å². The predicted octanol–water partition coefficient (Wildman–Crippen LogP) is 3.50. The van der Waals surface area contributed by atoms with Gasteiger partial charge < -0.3 is 19.5 Å². The number of benzene rings is 2. The summed E-state index contributed by atoms with van der Waals surface area (Å²) >= 11 is 7.54. The summed E-state index contributed by atoms with van der Waals surface area (Å²) in [4.78, 5) is 6.82. The number of ether oxygens (including phenoxy) is 1. The van der Waals surface area contributed by atoms with Crippen LogP contribution in [0.2, 0.25) is 5.02 Å². The maximum Gasteiger partial charge on any atom is 0.209 e. The lowest BCUT2D eigenvalue weighted by atomic mass is 10.1. The molecule has 0 saturated heterocycles. The van der Waals surface area contributed by atoms with Crippen molar-refractivity contribution in [3.63, 3.8) is 0 Å². The smallest absolute Gasteiger partial charge is 0.209 e. The zero-order valence-electron chi connectivity index (χ0n) is 13.9. The highest BCUT2D eigenvalue weighted by atomic mass is 35.5. The molecule has 0 radical (unpaired) electrons. The summed E-state index contributed by atoms with van der Waals surface area (Å²) in [6, 6.07) is 15.7. The Hall–Kier alpha value is -1.89. The molecule has 2 aromatic carbocycles. The van der Waals surface area contributed by atoms with Crippen molar-refractivity contribution < 1.29 is 9.84 Å². The van der Waals surface area contributed by atoms with Gasteiger partial charge in [-0.05, 0) is 42.0 Å². The van der Waals surface area contributed by atoms with E-state index in [1.165, 1.54) is 11.9 Å². The summed E-state index contributed by atoms with van der Waals surface area (Å²) in [7, 11) is 0. The summed E-state index contributed by atoms with van der Waals surface area (Å²) in [5.74, 6) is 1.57. The fraction of sp³-hybridized carbons (Fsp3) is 0.278. The Labute approximate surface area is 156 Å². The van der Waals surface area contributed by atoms with Gasteiger partial charge in [0.2, 0.25) is 5.96 Å². The van der Waals surface area contributed by atoms with Crippen molar-refractivity contribution in [1.29, 1.82) is 0 Å². The molecular formula is C18H20ClN3O2S. The molecule has 1 unspecified atom stereocenters. The van der Waals surface area contributed by atoms with Crippen LogP contribution in [0.5, 0.6) is 5.75 Å². The molecular weight excluding hydrogens is 358 g/mol. The number of aliphatic hydroxyl groups is 1. The van der Waals surface area contributed by atoms with Crippen molar-refractivity contribution in [2.24, 2.45) is 4.99 Å². The minimum atomic E-state index is -0.00451. The van der Waals surface area contributed by atoms with Crippen LogP contribution in [-0.4, -0.2) is 37.1 Å². The van der Waals surface area contributed by atoms with Crippen molar-refractivity contribution in [2.75, 3.05) is 30.9 Å². The van der Waals surface area contributed by atoms with E-state index in [4.69, 9.17) is 21.4 Å². The summed E-state index contributed by atoms with van der Waals surface area (Å²) in [5, 5.41) is 9.65. The van der Waals surface area contributed by atoms with E-state index < -0.39 is 0 Å². The Kier molecular flexibility index (Phi) is 6.07. The maximum absolute atomic E-state index is 8.94. The molecule has 1 heterocycles. The number of nitrogens with one attached hydrogen (secondary N) is 1. The van der Waals surface area contributed by atoms with Gasteiger partial charge in [0.15, 0.2) is 0 Å². The normalized spacial score (nSPS) is 16.7. The van der Waals surface area contributed by atoms with Crippen LogP contribution in [0.1, 0.15) is 11.6 Å². The molecule has 3 rings (SSSR count). The van der Waals surface area contributed by atoms with E-state index in [9.17, 15) is 0 Å². The Morgan fingerprint density at radius 2 is 2.12 bits per heavy atom. The molecule has 2 aromatic rings. The molecule has 5 nitrogen and oxygen atoms in total. The molecule has 0 fully saturated rings.